The minimum atomic E-state index is -2.47. The maximum Gasteiger partial charge on any atom is 0.338 e. The number of carbonyl (C=O) groups is 1. The molecule has 100 valence electrons. The Morgan fingerprint density at radius 3 is 3.00 bits per heavy atom. The monoisotopic (exact) mass is 260 g/mol. The predicted molar refractivity (Wildman–Crippen MR) is 60.9 cm³/mol. The number of halogens is 2. The predicted octanol–water partition coefficient (Wildman–Crippen LogP) is 1.56. The lowest BCUT2D eigenvalue weighted by Crippen LogP contribution is -2.14. The molecular formula is C11H14F2N2O3. The van der Waals surface area contributed by atoms with Gasteiger partial charge in [0.15, 0.2) is 0 Å². The molecule has 18 heavy (non-hydrogen) atoms. The molecule has 5 nitrogen and oxygen atoms in total. The van der Waals surface area contributed by atoms with Crippen molar-refractivity contribution in [1.82, 2.24) is 4.98 Å². The molecule has 0 fully saturated rings. The summed E-state index contributed by atoms with van der Waals surface area (Å²) in [5.74, 6) is -0.00653. The van der Waals surface area contributed by atoms with Crippen molar-refractivity contribution in [3.05, 3.63) is 23.9 Å². The molecule has 0 amide bonds. The van der Waals surface area contributed by atoms with E-state index in [2.05, 4.69) is 19.8 Å². The van der Waals surface area contributed by atoms with E-state index in [1.165, 1.54) is 25.4 Å². The Morgan fingerprint density at radius 1 is 1.56 bits per heavy atom. The van der Waals surface area contributed by atoms with Crippen LogP contribution in [-0.4, -0.2) is 44.2 Å². The molecule has 0 aliphatic rings. The van der Waals surface area contributed by atoms with Gasteiger partial charge in [0.05, 0.1) is 19.3 Å². The van der Waals surface area contributed by atoms with Crippen LogP contribution in [-0.2, 0) is 9.47 Å². The van der Waals surface area contributed by atoms with E-state index in [1.807, 2.05) is 0 Å². The fraction of sp³-hybridized carbons (Fsp3) is 0.455. The summed E-state index contributed by atoms with van der Waals surface area (Å²) in [5.41, 5.74) is 0.364. The first kappa shape index (κ1) is 14.3. The number of ether oxygens (including phenoxy) is 2. The molecule has 1 aromatic heterocycles. The molecule has 7 heteroatoms. The topological polar surface area (TPSA) is 60.5 Å². The van der Waals surface area contributed by atoms with Gasteiger partial charge in [-0.1, -0.05) is 0 Å². The first-order valence-electron chi connectivity index (χ1n) is 5.27. The lowest BCUT2D eigenvalue weighted by Gasteiger charge is -2.07. The van der Waals surface area contributed by atoms with Crippen molar-refractivity contribution in [3.63, 3.8) is 0 Å². The summed E-state index contributed by atoms with van der Waals surface area (Å²) in [6.45, 7) is -0.129. The van der Waals surface area contributed by atoms with Gasteiger partial charge in [-0.3, -0.25) is 0 Å². The summed E-state index contributed by atoms with van der Waals surface area (Å²) in [5, 5.41) is 2.85. The van der Waals surface area contributed by atoms with Crippen LogP contribution < -0.4 is 5.32 Å². The number of pyridine rings is 1. The maximum atomic E-state index is 11.8. The maximum absolute atomic E-state index is 11.8. The van der Waals surface area contributed by atoms with Crippen LogP contribution in [0.3, 0.4) is 0 Å². The van der Waals surface area contributed by atoms with Crippen molar-refractivity contribution in [1.29, 1.82) is 0 Å². The number of anilines is 1. The van der Waals surface area contributed by atoms with E-state index in [0.717, 1.165) is 0 Å². The Labute approximate surface area is 103 Å². The van der Waals surface area contributed by atoms with Gasteiger partial charge in [-0.05, 0) is 12.1 Å². The summed E-state index contributed by atoms with van der Waals surface area (Å²) >= 11 is 0. The van der Waals surface area contributed by atoms with Gasteiger partial charge < -0.3 is 14.8 Å². The van der Waals surface area contributed by atoms with Crippen molar-refractivity contribution in [2.75, 3.05) is 32.2 Å². The van der Waals surface area contributed by atoms with Gasteiger partial charge in [0.2, 0.25) is 0 Å². The van der Waals surface area contributed by atoms with Crippen LogP contribution in [0.4, 0.5) is 14.6 Å². The Morgan fingerprint density at radius 2 is 2.33 bits per heavy atom. The molecule has 0 unspecified atom stereocenters. The lowest BCUT2D eigenvalue weighted by atomic mass is 10.2. The molecule has 0 saturated heterocycles. The second-order valence-electron chi connectivity index (χ2n) is 3.31. The molecule has 1 rings (SSSR count). The highest BCUT2D eigenvalue weighted by atomic mass is 19.3. The van der Waals surface area contributed by atoms with E-state index in [0.29, 0.717) is 17.9 Å². The fourth-order valence-corrected chi connectivity index (χ4v) is 1.20. The van der Waals surface area contributed by atoms with Crippen LogP contribution in [0.15, 0.2) is 18.3 Å². The third-order valence-corrected chi connectivity index (χ3v) is 1.98. The third-order valence-electron chi connectivity index (χ3n) is 1.98. The van der Waals surface area contributed by atoms with Crippen molar-refractivity contribution < 1.29 is 23.0 Å². The summed E-state index contributed by atoms with van der Waals surface area (Å²) in [7, 11) is 1.29. The SMILES string of the molecule is COC(=O)c1ccnc(NCCOCC(F)F)c1. The second kappa shape index (κ2) is 7.54. The summed E-state index contributed by atoms with van der Waals surface area (Å²) < 4.78 is 32.8. The third kappa shape index (κ3) is 5.05. The van der Waals surface area contributed by atoms with Crippen LogP contribution in [0, 0.1) is 0 Å². The van der Waals surface area contributed by atoms with Crippen molar-refractivity contribution >= 4 is 11.8 Å². The van der Waals surface area contributed by atoms with Gasteiger partial charge in [-0.25, -0.2) is 18.6 Å². The van der Waals surface area contributed by atoms with Crippen LogP contribution in [0.5, 0.6) is 0 Å². The second-order valence-corrected chi connectivity index (χ2v) is 3.31. The normalized spacial score (nSPS) is 10.4. The number of esters is 1. The molecule has 0 saturated carbocycles. The molecule has 1 N–H and O–H groups in total. The zero-order valence-electron chi connectivity index (χ0n) is 9.86. The average Bonchev–Trinajstić information content (AvgIpc) is 2.37. The number of rotatable bonds is 7. The minimum Gasteiger partial charge on any atom is -0.465 e. The zero-order valence-corrected chi connectivity index (χ0v) is 9.86. The van der Waals surface area contributed by atoms with Crippen LogP contribution in [0.1, 0.15) is 10.4 Å². The largest absolute Gasteiger partial charge is 0.465 e. The van der Waals surface area contributed by atoms with Crippen molar-refractivity contribution in [3.8, 4) is 0 Å². The Hall–Kier alpha value is -1.76. The number of carbonyl (C=O) groups excluding carboxylic acids is 1. The number of nitrogens with zero attached hydrogens (tertiary/aromatic N) is 1. The standard InChI is InChI=1S/C11H14F2N2O3/c1-17-11(16)8-2-3-14-10(6-8)15-4-5-18-7-9(12)13/h2-3,6,9H,4-5,7H2,1H3,(H,14,15). The number of nitrogens with one attached hydrogen (secondary N) is 1. The number of aromatic nitrogens is 1. The highest BCUT2D eigenvalue weighted by molar-refractivity contribution is 5.89. The quantitative estimate of drug-likeness (QED) is 0.595. The van der Waals surface area contributed by atoms with E-state index in [9.17, 15) is 13.6 Å². The number of methoxy groups -OCH3 is 1. The van der Waals surface area contributed by atoms with Gasteiger partial charge in [-0.15, -0.1) is 0 Å². The highest BCUT2D eigenvalue weighted by Crippen LogP contribution is 2.07. The molecule has 0 spiro atoms. The molecule has 0 atom stereocenters. The molecule has 0 radical (unpaired) electrons. The van der Waals surface area contributed by atoms with E-state index >= 15 is 0 Å². The van der Waals surface area contributed by atoms with Crippen LogP contribution in [0.2, 0.25) is 0 Å². The molecule has 1 aromatic rings. The Bertz CT molecular complexity index is 388. The molecular weight excluding hydrogens is 246 g/mol. The fourth-order valence-electron chi connectivity index (χ4n) is 1.20. The smallest absolute Gasteiger partial charge is 0.338 e. The molecule has 0 aliphatic heterocycles. The minimum absolute atomic E-state index is 0.133. The summed E-state index contributed by atoms with van der Waals surface area (Å²) in [6.07, 6.45) is -1.01. The van der Waals surface area contributed by atoms with Crippen LogP contribution >= 0.6 is 0 Å². The van der Waals surface area contributed by atoms with Gasteiger partial charge in [-0.2, -0.15) is 0 Å². The van der Waals surface area contributed by atoms with Gasteiger partial charge in [0.1, 0.15) is 12.4 Å². The lowest BCUT2D eigenvalue weighted by molar-refractivity contribution is 0.0214. The molecule has 0 bridgehead atoms. The molecule has 0 aliphatic carbocycles. The number of hydrogen-bond donors (Lipinski definition) is 1. The van der Waals surface area contributed by atoms with Crippen LogP contribution in [0.25, 0.3) is 0 Å². The van der Waals surface area contributed by atoms with Gasteiger partial charge in [0.25, 0.3) is 6.43 Å². The number of alkyl halides is 2. The zero-order chi connectivity index (χ0) is 13.4. The molecule has 1 heterocycles. The summed E-state index contributed by atoms with van der Waals surface area (Å²) in [4.78, 5) is 15.2. The first-order valence-corrected chi connectivity index (χ1v) is 5.27. The van der Waals surface area contributed by atoms with Crippen molar-refractivity contribution in [2.45, 2.75) is 6.43 Å². The van der Waals surface area contributed by atoms with E-state index in [-0.39, 0.29) is 6.61 Å². The first-order chi connectivity index (χ1) is 8.63. The van der Waals surface area contributed by atoms with Crippen molar-refractivity contribution in [2.24, 2.45) is 0 Å². The van der Waals surface area contributed by atoms with Gasteiger partial charge >= 0.3 is 5.97 Å². The average molecular weight is 260 g/mol. The van der Waals surface area contributed by atoms with E-state index < -0.39 is 19.0 Å². The number of hydrogen-bond acceptors (Lipinski definition) is 5. The van der Waals surface area contributed by atoms with Gasteiger partial charge in [0, 0.05) is 12.7 Å². The Kier molecular flexibility index (Phi) is 5.99. The van der Waals surface area contributed by atoms with E-state index in [1.54, 1.807) is 0 Å². The molecule has 0 aromatic carbocycles. The Balaban J connectivity index is 2.36. The summed E-state index contributed by atoms with van der Waals surface area (Å²) in [6, 6.07) is 3.03. The van der Waals surface area contributed by atoms with E-state index in [4.69, 9.17) is 0 Å². The highest BCUT2D eigenvalue weighted by Gasteiger charge is 2.06.